The van der Waals surface area contributed by atoms with Gasteiger partial charge in [-0.05, 0) is 25.0 Å². The van der Waals surface area contributed by atoms with Crippen LogP contribution in [0.5, 0.6) is 0 Å². The monoisotopic (exact) mass is 269 g/mol. The fourth-order valence-corrected chi connectivity index (χ4v) is 2.17. The summed E-state index contributed by atoms with van der Waals surface area (Å²) in [5, 5.41) is 9.80. The van der Waals surface area contributed by atoms with Crippen molar-refractivity contribution >= 4 is 5.69 Å². The number of ether oxygens (including phenoxy) is 1. The smallest absolute Gasteiger partial charge is 0.131 e. The molecule has 3 nitrogen and oxygen atoms in total. The molecular weight excluding hydrogens is 245 g/mol. The Morgan fingerprint density at radius 2 is 2.00 bits per heavy atom. The van der Waals surface area contributed by atoms with Crippen LogP contribution in [0.1, 0.15) is 32.4 Å². The molecule has 0 heterocycles. The molecule has 0 saturated carbocycles. The highest BCUT2D eigenvalue weighted by Gasteiger charge is 2.18. The number of hydrogen-bond donors (Lipinski definition) is 1. The fraction of sp³-hybridized carbons (Fsp3) is 0.600. The van der Waals surface area contributed by atoms with Gasteiger partial charge >= 0.3 is 0 Å². The molecule has 0 amide bonds. The van der Waals surface area contributed by atoms with Crippen molar-refractivity contribution in [3.05, 3.63) is 29.6 Å². The van der Waals surface area contributed by atoms with Crippen molar-refractivity contribution in [3.63, 3.8) is 0 Å². The minimum absolute atomic E-state index is 0.360. The molecule has 108 valence electrons. The largest absolute Gasteiger partial charge is 0.389 e. The van der Waals surface area contributed by atoms with Crippen molar-refractivity contribution < 1.29 is 14.2 Å². The first-order chi connectivity index (χ1) is 8.97. The summed E-state index contributed by atoms with van der Waals surface area (Å²) in [5.74, 6) is 0.0839. The highest BCUT2D eigenvalue weighted by atomic mass is 19.1. The first-order valence-corrected chi connectivity index (χ1v) is 6.67. The van der Waals surface area contributed by atoms with Gasteiger partial charge in [0.15, 0.2) is 0 Å². The Labute approximate surface area is 115 Å². The van der Waals surface area contributed by atoms with Gasteiger partial charge in [0.1, 0.15) is 5.82 Å². The average molecular weight is 269 g/mol. The van der Waals surface area contributed by atoms with Crippen LogP contribution in [0.25, 0.3) is 0 Å². The molecule has 1 aromatic rings. The second kappa shape index (κ2) is 7.46. The van der Waals surface area contributed by atoms with Crippen LogP contribution in [-0.4, -0.2) is 31.9 Å². The van der Waals surface area contributed by atoms with E-state index in [9.17, 15) is 9.50 Å². The summed E-state index contributed by atoms with van der Waals surface area (Å²) in [6, 6.07) is 4.91. The highest BCUT2D eigenvalue weighted by molar-refractivity contribution is 5.55. The SMILES string of the molecule is COCCN(CC(C)C)c1cccc(F)c1C(C)O. The van der Waals surface area contributed by atoms with E-state index in [1.165, 1.54) is 6.07 Å². The van der Waals surface area contributed by atoms with Crippen molar-refractivity contribution in [1.29, 1.82) is 0 Å². The van der Waals surface area contributed by atoms with Gasteiger partial charge in [-0.25, -0.2) is 4.39 Å². The number of methoxy groups -OCH3 is 1. The first-order valence-electron chi connectivity index (χ1n) is 6.67. The van der Waals surface area contributed by atoms with Gasteiger partial charge in [-0.3, -0.25) is 0 Å². The summed E-state index contributed by atoms with van der Waals surface area (Å²) >= 11 is 0. The van der Waals surface area contributed by atoms with Crippen molar-refractivity contribution in [2.24, 2.45) is 5.92 Å². The quantitative estimate of drug-likeness (QED) is 0.826. The molecule has 1 atom stereocenters. The summed E-state index contributed by atoms with van der Waals surface area (Å²) in [6.07, 6.45) is -0.826. The Bertz CT molecular complexity index is 394. The van der Waals surface area contributed by atoms with Crippen LogP contribution in [0.3, 0.4) is 0 Å². The maximum absolute atomic E-state index is 13.9. The number of rotatable bonds is 7. The Morgan fingerprint density at radius 1 is 1.32 bits per heavy atom. The second-order valence-corrected chi connectivity index (χ2v) is 5.18. The molecule has 1 unspecified atom stereocenters. The zero-order chi connectivity index (χ0) is 14.4. The minimum atomic E-state index is -0.826. The van der Waals surface area contributed by atoms with E-state index in [0.717, 1.165) is 12.2 Å². The van der Waals surface area contributed by atoms with Gasteiger partial charge in [0.05, 0.1) is 12.7 Å². The van der Waals surface area contributed by atoms with Crippen LogP contribution in [0, 0.1) is 11.7 Å². The Kier molecular flexibility index (Phi) is 6.25. The number of anilines is 1. The lowest BCUT2D eigenvalue weighted by atomic mass is 10.1. The molecular formula is C15H24FNO2. The van der Waals surface area contributed by atoms with E-state index in [0.29, 0.717) is 24.6 Å². The van der Waals surface area contributed by atoms with Crippen LogP contribution in [-0.2, 0) is 4.74 Å². The lowest BCUT2D eigenvalue weighted by Gasteiger charge is -2.29. The molecule has 0 aliphatic carbocycles. The van der Waals surface area contributed by atoms with E-state index in [1.807, 2.05) is 6.07 Å². The number of aliphatic hydroxyl groups excluding tert-OH is 1. The molecule has 0 aromatic heterocycles. The summed E-state index contributed by atoms with van der Waals surface area (Å²) in [6.45, 7) is 7.86. The lowest BCUT2D eigenvalue weighted by molar-refractivity contribution is 0.192. The van der Waals surface area contributed by atoms with Crippen LogP contribution < -0.4 is 4.90 Å². The lowest BCUT2D eigenvalue weighted by Crippen LogP contribution is -2.32. The second-order valence-electron chi connectivity index (χ2n) is 5.18. The summed E-state index contributed by atoms with van der Waals surface area (Å²) in [7, 11) is 1.65. The number of hydrogen-bond acceptors (Lipinski definition) is 3. The molecule has 0 aliphatic rings. The molecule has 1 N–H and O–H groups in total. The van der Waals surface area contributed by atoms with Crippen molar-refractivity contribution in [3.8, 4) is 0 Å². The standard InChI is InChI=1S/C15H24FNO2/c1-11(2)10-17(8-9-19-4)14-7-5-6-13(16)15(14)12(3)18/h5-7,11-12,18H,8-10H2,1-4H3. The molecule has 4 heteroatoms. The zero-order valence-electron chi connectivity index (χ0n) is 12.2. The summed E-state index contributed by atoms with van der Waals surface area (Å²) < 4.78 is 19.0. The topological polar surface area (TPSA) is 32.7 Å². The summed E-state index contributed by atoms with van der Waals surface area (Å²) in [4.78, 5) is 2.07. The zero-order valence-corrected chi connectivity index (χ0v) is 12.2. The number of benzene rings is 1. The maximum atomic E-state index is 13.9. The van der Waals surface area contributed by atoms with E-state index in [4.69, 9.17) is 4.74 Å². The Balaban J connectivity index is 3.09. The van der Waals surface area contributed by atoms with E-state index in [1.54, 1.807) is 20.1 Å². The third-order valence-electron chi connectivity index (χ3n) is 2.94. The molecule has 0 aliphatic heterocycles. The van der Waals surface area contributed by atoms with E-state index in [-0.39, 0.29) is 5.82 Å². The van der Waals surface area contributed by atoms with E-state index >= 15 is 0 Å². The van der Waals surface area contributed by atoms with Gasteiger partial charge in [-0.15, -0.1) is 0 Å². The van der Waals surface area contributed by atoms with Gasteiger partial charge in [-0.2, -0.15) is 0 Å². The van der Waals surface area contributed by atoms with Crippen LogP contribution in [0.15, 0.2) is 18.2 Å². The minimum Gasteiger partial charge on any atom is -0.389 e. The fourth-order valence-electron chi connectivity index (χ4n) is 2.17. The molecule has 0 fully saturated rings. The third-order valence-corrected chi connectivity index (χ3v) is 2.94. The normalized spacial score (nSPS) is 12.8. The third kappa shape index (κ3) is 4.48. The van der Waals surface area contributed by atoms with Crippen molar-refractivity contribution in [2.75, 3.05) is 31.7 Å². The molecule has 1 rings (SSSR count). The van der Waals surface area contributed by atoms with E-state index < -0.39 is 6.10 Å². The Hall–Kier alpha value is -1.13. The molecule has 0 spiro atoms. The van der Waals surface area contributed by atoms with Crippen molar-refractivity contribution in [1.82, 2.24) is 0 Å². The molecule has 1 aromatic carbocycles. The average Bonchev–Trinajstić information content (AvgIpc) is 2.33. The predicted molar refractivity (Wildman–Crippen MR) is 76.0 cm³/mol. The van der Waals surface area contributed by atoms with Crippen molar-refractivity contribution in [2.45, 2.75) is 26.9 Å². The van der Waals surface area contributed by atoms with Crippen LogP contribution >= 0.6 is 0 Å². The molecule has 0 saturated heterocycles. The number of aliphatic hydroxyl groups is 1. The maximum Gasteiger partial charge on any atom is 0.131 e. The summed E-state index contributed by atoms with van der Waals surface area (Å²) in [5.41, 5.74) is 1.11. The van der Waals surface area contributed by atoms with Crippen LogP contribution in [0.2, 0.25) is 0 Å². The van der Waals surface area contributed by atoms with Crippen LogP contribution in [0.4, 0.5) is 10.1 Å². The Morgan fingerprint density at radius 3 is 2.53 bits per heavy atom. The van der Waals surface area contributed by atoms with Gasteiger partial charge in [0, 0.05) is 31.5 Å². The molecule has 19 heavy (non-hydrogen) atoms. The van der Waals surface area contributed by atoms with Gasteiger partial charge in [0.2, 0.25) is 0 Å². The molecule has 0 bridgehead atoms. The van der Waals surface area contributed by atoms with Gasteiger partial charge < -0.3 is 14.7 Å². The number of nitrogens with zero attached hydrogens (tertiary/aromatic N) is 1. The molecule has 0 radical (unpaired) electrons. The predicted octanol–water partition coefficient (Wildman–Crippen LogP) is 2.99. The van der Waals surface area contributed by atoms with E-state index in [2.05, 4.69) is 18.7 Å². The highest BCUT2D eigenvalue weighted by Crippen LogP contribution is 2.29. The van der Waals surface area contributed by atoms with Gasteiger partial charge in [-0.1, -0.05) is 19.9 Å². The first kappa shape index (κ1) is 15.9. The van der Waals surface area contributed by atoms with Gasteiger partial charge in [0.25, 0.3) is 0 Å². The number of halogens is 1.